The van der Waals surface area contributed by atoms with E-state index < -0.39 is 0 Å². The lowest BCUT2D eigenvalue weighted by Gasteiger charge is -2.14. The molecule has 0 saturated carbocycles. The van der Waals surface area contributed by atoms with Gasteiger partial charge in [0.25, 0.3) is 5.19 Å². The van der Waals surface area contributed by atoms with Gasteiger partial charge < -0.3 is 14.5 Å². The molecule has 6 nitrogen and oxygen atoms in total. The van der Waals surface area contributed by atoms with Gasteiger partial charge in [-0.3, -0.25) is 0 Å². The summed E-state index contributed by atoms with van der Waals surface area (Å²) in [4.78, 5) is 16.3. The average molecular weight is 423 g/mol. The molecule has 0 N–H and O–H groups in total. The summed E-state index contributed by atoms with van der Waals surface area (Å²) in [6.07, 6.45) is 3.32. The van der Waals surface area contributed by atoms with Gasteiger partial charge in [0.15, 0.2) is 0 Å². The SMILES string of the molecule is CCN(C)C=Nc1cc(C)c(Oc2nc(C=NOC(C)(C)C)c(Cl)s2)cc1C. The Kier molecular flexibility index (Phi) is 7.43. The fourth-order valence-corrected chi connectivity index (χ4v) is 2.93. The molecular weight excluding hydrogens is 396 g/mol. The standard InChI is InChI=1S/C20H27ClN4O2S/c1-8-25(7)12-22-15-9-14(3)17(10-13(15)2)26-19-24-16(18(21)28-19)11-23-27-20(4,5)6/h9-12H,8H2,1-7H3. The minimum absolute atomic E-state index is 0.372. The molecule has 0 amide bonds. The second-order valence-electron chi connectivity index (χ2n) is 7.40. The van der Waals surface area contributed by atoms with Crippen LogP contribution in [0.15, 0.2) is 22.3 Å². The fourth-order valence-electron chi connectivity index (χ4n) is 2.01. The Balaban J connectivity index is 2.17. The highest BCUT2D eigenvalue weighted by Crippen LogP contribution is 2.35. The molecule has 0 fully saturated rings. The van der Waals surface area contributed by atoms with E-state index in [2.05, 4.69) is 22.1 Å². The molecule has 0 spiro atoms. The van der Waals surface area contributed by atoms with Crippen LogP contribution >= 0.6 is 22.9 Å². The highest BCUT2D eigenvalue weighted by atomic mass is 35.5. The van der Waals surface area contributed by atoms with Crippen molar-refractivity contribution in [1.82, 2.24) is 9.88 Å². The van der Waals surface area contributed by atoms with Gasteiger partial charge >= 0.3 is 0 Å². The molecule has 0 atom stereocenters. The van der Waals surface area contributed by atoms with Crippen LogP contribution in [-0.2, 0) is 4.84 Å². The maximum atomic E-state index is 6.25. The lowest BCUT2D eigenvalue weighted by atomic mass is 10.1. The van der Waals surface area contributed by atoms with Crippen molar-refractivity contribution in [3.05, 3.63) is 33.3 Å². The van der Waals surface area contributed by atoms with Crippen LogP contribution in [0.3, 0.4) is 0 Å². The number of nitrogens with zero attached hydrogens (tertiary/aromatic N) is 4. The lowest BCUT2D eigenvalue weighted by molar-refractivity contribution is 0.00197. The molecule has 8 heteroatoms. The third kappa shape index (κ3) is 6.49. The molecule has 0 saturated heterocycles. The summed E-state index contributed by atoms with van der Waals surface area (Å²) >= 11 is 7.50. The molecule has 1 heterocycles. The Labute approximate surface area is 175 Å². The van der Waals surface area contributed by atoms with Gasteiger partial charge in [0.1, 0.15) is 21.4 Å². The summed E-state index contributed by atoms with van der Waals surface area (Å²) < 4.78 is 6.45. The number of halogens is 1. The Morgan fingerprint density at radius 2 is 1.96 bits per heavy atom. The zero-order chi connectivity index (χ0) is 20.9. The van der Waals surface area contributed by atoms with Gasteiger partial charge in [-0.1, -0.05) is 28.1 Å². The predicted octanol–water partition coefficient (Wildman–Crippen LogP) is 5.97. The number of oxime groups is 1. The molecule has 0 aliphatic rings. The fraction of sp³-hybridized carbons (Fsp3) is 0.450. The first kappa shape index (κ1) is 22.2. The zero-order valence-corrected chi connectivity index (χ0v) is 19.0. The number of thiazole rings is 1. The largest absolute Gasteiger partial charge is 0.431 e. The number of aliphatic imine (C=N–C) groups is 1. The van der Waals surface area contributed by atoms with Gasteiger partial charge in [0.2, 0.25) is 0 Å². The molecule has 0 unspecified atom stereocenters. The van der Waals surface area contributed by atoms with E-state index in [1.807, 2.05) is 65.0 Å². The van der Waals surface area contributed by atoms with Crippen molar-refractivity contribution in [3.8, 4) is 10.9 Å². The highest BCUT2D eigenvalue weighted by Gasteiger charge is 2.14. The average Bonchev–Trinajstić information content (AvgIpc) is 2.94. The topological polar surface area (TPSA) is 59.3 Å². The van der Waals surface area contributed by atoms with Crippen LogP contribution in [-0.4, -0.2) is 41.6 Å². The van der Waals surface area contributed by atoms with Crippen molar-refractivity contribution in [2.75, 3.05) is 13.6 Å². The second-order valence-corrected chi connectivity index (χ2v) is 8.96. The van der Waals surface area contributed by atoms with E-state index in [4.69, 9.17) is 21.2 Å². The maximum Gasteiger partial charge on any atom is 0.280 e. The lowest BCUT2D eigenvalue weighted by Crippen LogP contribution is -2.15. The Hall–Kier alpha value is -2.12. The molecule has 2 rings (SSSR count). The van der Waals surface area contributed by atoms with Crippen LogP contribution in [0.4, 0.5) is 5.69 Å². The number of hydrogen-bond donors (Lipinski definition) is 0. The molecule has 1 aromatic heterocycles. The van der Waals surface area contributed by atoms with Gasteiger partial charge in [0.05, 0.1) is 18.2 Å². The molecule has 152 valence electrons. The monoisotopic (exact) mass is 422 g/mol. The van der Waals surface area contributed by atoms with E-state index in [1.165, 1.54) is 17.6 Å². The van der Waals surface area contributed by atoms with Crippen molar-refractivity contribution in [2.45, 2.75) is 47.1 Å². The number of benzene rings is 1. The van der Waals surface area contributed by atoms with E-state index in [9.17, 15) is 0 Å². The summed E-state index contributed by atoms with van der Waals surface area (Å²) in [5.41, 5.74) is 3.04. The van der Waals surface area contributed by atoms with Crippen LogP contribution in [0.2, 0.25) is 4.34 Å². The summed E-state index contributed by atoms with van der Waals surface area (Å²) in [7, 11) is 1.99. The van der Waals surface area contributed by atoms with E-state index in [0.29, 0.717) is 15.2 Å². The number of rotatable bonds is 7. The Bertz CT molecular complexity index is 872. The van der Waals surface area contributed by atoms with Crippen molar-refractivity contribution in [3.63, 3.8) is 0 Å². The van der Waals surface area contributed by atoms with Crippen molar-refractivity contribution in [1.29, 1.82) is 0 Å². The highest BCUT2D eigenvalue weighted by molar-refractivity contribution is 7.17. The van der Waals surface area contributed by atoms with Crippen molar-refractivity contribution < 1.29 is 9.57 Å². The van der Waals surface area contributed by atoms with Crippen LogP contribution in [0.5, 0.6) is 10.9 Å². The molecule has 2 aromatic rings. The molecule has 0 aliphatic carbocycles. The minimum atomic E-state index is -0.372. The molecule has 1 aromatic carbocycles. The number of aryl methyl sites for hydroxylation is 2. The van der Waals surface area contributed by atoms with Gasteiger partial charge in [-0.25, -0.2) is 4.99 Å². The minimum Gasteiger partial charge on any atom is -0.431 e. The van der Waals surface area contributed by atoms with E-state index in [-0.39, 0.29) is 5.60 Å². The summed E-state index contributed by atoms with van der Waals surface area (Å²) in [5.74, 6) is 0.722. The maximum absolute atomic E-state index is 6.25. The Morgan fingerprint density at radius 3 is 2.61 bits per heavy atom. The Morgan fingerprint density at radius 1 is 1.25 bits per heavy atom. The van der Waals surface area contributed by atoms with E-state index in [1.54, 1.807) is 0 Å². The summed E-state index contributed by atoms with van der Waals surface area (Å²) in [6, 6.07) is 3.96. The first-order valence-electron chi connectivity index (χ1n) is 9.00. The third-order valence-electron chi connectivity index (χ3n) is 3.68. The van der Waals surface area contributed by atoms with Gasteiger partial charge in [0, 0.05) is 13.6 Å². The quantitative estimate of drug-likeness (QED) is 0.313. The van der Waals surface area contributed by atoms with E-state index >= 15 is 0 Å². The molecular formula is C20H27ClN4O2S. The van der Waals surface area contributed by atoms with Crippen molar-refractivity contribution >= 4 is 41.2 Å². The van der Waals surface area contributed by atoms with Crippen LogP contribution in [0.25, 0.3) is 0 Å². The normalized spacial score (nSPS) is 12.1. The summed E-state index contributed by atoms with van der Waals surface area (Å²) in [5, 5.41) is 4.39. The van der Waals surface area contributed by atoms with Crippen molar-refractivity contribution in [2.24, 2.45) is 10.1 Å². The molecule has 28 heavy (non-hydrogen) atoms. The molecule has 0 radical (unpaired) electrons. The van der Waals surface area contributed by atoms with Gasteiger partial charge in [-0.05, 0) is 64.8 Å². The smallest absolute Gasteiger partial charge is 0.280 e. The van der Waals surface area contributed by atoms with Gasteiger partial charge in [-0.15, -0.1) is 0 Å². The zero-order valence-electron chi connectivity index (χ0n) is 17.4. The number of hydrogen-bond acceptors (Lipinski definition) is 6. The van der Waals surface area contributed by atoms with Crippen LogP contribution in [0.1, 0.15) is 44.5 Å². The summed E-state index contributed by atoms with van der Waals surface area (Å²) in [6.45, 7) is 12.7. The van der Waals surface area contributed by atoms with Crippen LogP contribution < -0.4 is 4.74 Å². The van der Waals surface area contributed by atoms with E-state index in [0.717, 1.165) is 29.1 Å². The third-order valence-corrected chi connectivity index (χ3v) is 4.84. The van der Waals surface area contributed by atoms with Crippen LogP contribution in [0, 0.1) is 13.8 Å². The number of aromatic nitrogens is 1. The predicted molar refractivity (Wildman–Crippen MR) is 118 cm³/mol. The molecule has 0 aliphatic heterocycles. The number of ether oxygens (including phenoxy) is 1. The first-order chi connectivity index (χ1) is 13.1. The first-order valence-corrected chi connectivity index (χ1v) is 10.2. The van der Waals surface area contributed by atoms with Gasteiger partial charge in [-0.2, -0.15) is 4.98 Å². The molecule has 0 bridgehead atoms. The second kappa shape index (κ2) is 9.39.